The lowest BCUT2D eigenvalue weighted by molar-refractivity contribution is 0.0696. The highest BCUT2D eigenvalue weighted by Crippen LogP contribution is 2.23. The van der Waals surface area contributed by atoms with Crippen molar-refractivity contribution in [3.63, 3.8) is 0 Å². The van der Waals surface area contributed by atoms with Gasteiger partial charge < -0.3 is 16.2 Å². The molecule has 0 aliphatic carbocycles. The molecule has 0 bridgehead atoms. The first kappa shape index (κ1) is 12.3. The number of nitrogens with zero attached hydrogens (tertiary/aromatic N) is 2. The van der Waals surface area contributed by atoms with Crippen LogP contribution in [-0.4, -0.2) is 21.0 Å². The lowest BCUT2D eigenvalue weighted by atomic mass is 10.2. The number of carbonyl (C=O) groups is 1. The van der Waals surface area contributed by atoms with Gasteiger partial charge in [0.15, 0.2) is 0 Å². The summed E-state index contributed by atoms with van der Waals surface area (Å²) in [4.78, 5) is 18.9. The van der Waals surface area contributed by atoms with Gasteiger partial charge in [-0.15, -0.1) is 11.3 Å². The third-order valence-electron chi connectivity index (χ3n) is 2.34. The van der Waals surface area contributed by atoms with Crippen LogP contribution < -0.4 is 11.1 Å². The van der Waals surface area contributed by atoms with Gasteiger partial charge in [0.25, 0.3) is 0 Å². The van der Waals surface area contributed by atoms with Gasteiger partial charge in [0.2, 0.25) is 0 Å². The van der Waals surface area contributed by atoms with Gasteiger partial charge in [-0.25, -0.2) is 14.8 Å². The number of pyridine rings is 1. The highest BCUT2D eigenvalue weighted by molar-refractivity contribution is 7.09. The molecule has 2 aromatic rings. The molecule has 6 nitrogen and oxygen atoms in total. The maximum atomic E-state index is 10.7. The summed E-state index contributed by atoms with van der Waals surface area (Å²) in [6, 6.07) is 1.35. The van der Waals surface area contributed by atoms with Crippen LogP contribution in [0.25, 0.3) is 0 Å². The fourth-order valence-corrected chi connectivity index (χ4v) is 2.08. The molecule has 4 N–H and O–H groups in total. The van der Waals surface area contributed by atoms with Crippen molar-refractivity contribution in [2.45, 2.75) is 13.0 Å². The molecule has 94 valence electrons. The van der Waals surface area contributed by atoms with E-state index in [1.165, 1.54) is 23.6 Å². The molecular weight excluding hydrogens is 252 g/mol. The summed E-state index contributed by atoms with van der Waals surface area (Å²) in [7, 11) is 0. The summed E-state index contributed by atoms with van der Waals surface area (Å²) in [6.07, 6.45) is 3.00. The number of nitrogen functional groups attached to an aromatic ring is 1. The lowest BCUT2D eigenvalue weighted by Crippen LogP contribution is -2.10. The number of aromatic carboxylic acids is 1. The number of thiazole rings is 1. The fraction of sp³-hybridized carbons (Fsp3) is 0.182. The van der Waals surface area contributed by atoms with Crippen LogP contribution in [0.5, 0.6) is 0 Å². The average Bonchev–Trinajstić information content (AvgIpc) is 2.85. The van der Waals surface area contributed by atoms with E-state index in [0.29, 0.717) is 11.5 Å². The molecular formula is C11H12N4O2S. The van der Waals surface area contributed by atoms with Crippen LogP contribution in [0, 0.1) is 0 Å². The Morgan fingerprint density at radius 3 is 2.89 bits per heavy atom. The molecule has 0 saturated carbocycles. The fourth-order valence-electron chi connectivity index (χ4n) is 1.43. The van der Waals surface area contributed by atoms with Crippen molar-refractivity contribution in [2.75, 3.05) is 11.1 Å². The predicted octanol–water partition coefficient (Wildman–Crippen LogP) is 1.99. The zero-order valence-electron chi connectivity index (χ0n) is 9.62. The van der Waals surface area contributed by atoms with E-state index in [1.54, 1.807) is 6.20 Å². The largest absolute Gasteiger partial charge is 0.478 e. The molecule has 0 radical (unpaired) electrons. The minimum atomic E-state index is -1.05. The van der Waals surface area contributed by atoms with Crippen LogP contribution in [0.4, 0.5) is 11.5 Å². The minimum absolute atomic E-state index is 0.0320. The second kappa shape index (κ2) is 5.01. The lowest BCUT2D eigenvalue weighted by Gasteiger charge is -2.13. The molecule has 0 aromatic carbocycles. The van der Waals surface area contributed by atoms with Crippen molar-refractivity contribution >= 4 is 28.8 Å². The Balaban J connectivity index is 2.17. The highest BCUT2D eigenvalue weighted by atomic mass is 32.1. The number of hydrogen-bond donors (Lipinski definition) is 3. The number of carboxylic acids is 1. The van der Waals surface area contributed by atoms with Gasteiger partial charge in [-0.05, 0) is 13.0 Å². The van der Waals surface area contributed by atoms with Crippen molar-refractivity contribution in [1.29, 1.82) is 0 Å². The Kier molecular flexibility index (Phi) is 3.42. The molecule has 0 spiro atoms. The van der Waals surface area contributed by atoms with E-state index in [-0.39, 0.29) is 11.6 Å². The topological polar surface area (TPSA) is 101 Å². The molecule has 2 aromatic heterocycles. The van der Waals surface area contributed by atoms with Crippen LogP contribution in [0.1, 0.15) is 28.3 Å². The van der Waals surface area contributed by atoms with Crippen molar-refractivity contribution in [2.24, 2.45) is 0 Å². The van der Waals surface area contributed by atoms with E-state index in [1.807, 2.05) is 12.3 Å². The Bertz CT molecular complexity index is 556. The number of aromatic nitrogens is 2. The first-order chi connectivity index (χ1) is 8.58. The van der Waals surface area contributed by atoms with Gasteiger partial charge in [-0.2, -0.15) is 0 Å². The van der Waals surface area contributed by atoms with Crippen LogP contribution in [0.15, 0.2) is 23.8 Å². The first-order valence-electron chi connectivity index (χ1n) is 5.22. The molecule has 18 heavy (non-hydrogen) atoms. The van der Waals surface area contributed by atoms with Crippen molar-refractivity contribution < 1.29 is 9.90 Å². The third kappa shape index (κ3) is 2.57. The van der Waals surface area contributed by atoms with Gasteiger partial charge in [-0.1, -0.05) is 0 Å². The van der Waals surface area contributed by atoms with Crippen molar-refractivity contribution in [3.8, 4) is 0 Å². The summed E-state index contributed by atoms with van der Waals surface area (Å²) in [5.74, 6) is -0.587. The van der Waals surface area contributed by atoms with Gasteiger partial charge in [-0.3, -0.25) is 0 Å². The number of hydrogen-bond acceptors (Lipinski definition) is 6. The van der Waals surface area contributed by atoms with Crippen LogP contribution in [0.3, 0.4) is 0 Å². The normalized spacial score (nSPS) is 12.1. The smallest absolute Gasteiger partial charge is 0.337 e. The maximum absolute atomic E-state index is 10.7. The quantitative estimate of drug-likeness (QED) is 0.780. The summed E-state index contributed by atoms with van der Waals surface area (Å²) in [5, 5.41) is 14.7. The van der Waals surface area contributed by atoms with Crippen molar-refractivity contribution in [1.82, 2.24) is 9.97 Å². The second-order valence-electron chi connectivity index (χ2n) is 3.70. The maximum Gasteiger partial charge on any atom is 0.337 e. The summed E-state index contributed by atoms with van der Waals surface area (Å²) in [5.41, 5.74) is 6.13. The molecule has 0 aliphatic heterocycles. The first-order valence-corrected chi connectivity index (χ1v) is 6.10. The van der Waals surface area contributed by atoms with Crippen LogP contribution in [0.2, 0.25) is 0 Å². The molecule has 0 aliphatic rings. The molecule has 0 fully saturated rings. The molecule has 0 amide bonds. The number of anilines is 2. The second-order valence-corrected chi connectivity index (χ2v) is 4.63. The summed E-state index contributed by atoms with van der Waals surface area (Å²) >= 11 is 1.53. The van der Waals surface area contributed by atoms with Gasteiger partial charge in [0.1, 0.15) is 10.8 Å². The van der Waals surface area contributed by atoms with Gasteiger partial charge in [0, 0.05) is 17.8 Å². The molecule has 2 rings (SSSR count). The highest BCUT2D eigenvalue weighted by Gasteiger charge is 2.12. The van der Waals surface area contributed by atoms with Crippen LogP contribution >= 0.6 is 11.3 Å². The zero-order valence-corrected chi connectivity index (χ0v) is 10.4. The molecule has 1 unspecified atom stereocenters. The Morgan fingerprint density at radius 1 is 1.56 bits per heavy atom. The third-order valence-corrected chi connectivity index (χ3v) is 3.30. The minimum Gasteiger partial charge on any atom is -0.478 e. The number of carboxylic acid groups (broad SMARTS) is 1. The number of nitrogens with one attached hydrogen (secondary N) is 1. The Labute approximate surface area is 108 Å². The number of rotatable bonds is 4. The predicted molar refractivity (Wildman–Crippen MR) is 69.8 cm³/mol. The van der Waals surface area contributed by atoms with Crippen LogP contribution in [-0.2, 0) is 0 Å². The van der Waals surface area contributed by atoms with E-state index < -0.39 is 5.97 Å². The summed E-state index contributed by atoms with van der Waals surface area (Å²) in [6.45, 7) is 1.94. The average molecular weight is 264 g/mol. The Hall–Kier alpha value is -2.15. The van der Waals surface area contributed by atoms with E-state index >= 15 is 0 Å². The number of nitrogens with two attached hydrogens (primary N) is 1. The van der Waals surface area contributed by atoms with Crippen molar-refractivity contribution in [3.05, 3.63) is 34.4 Å². The standard InChI is InChI=1S/C11H12N4O2S/c1-6(10-13-2-3-18-10)15-9-8(12)4-7(5-14-9)11(16)17/h2-6H,12H2,1H3,(H,14,15)(H,16,17). The molecule has 2 heterocycles. The molecule has 7 heteroatoms. The van der Waals surface area contributed by atoms with E-state index in [2.05, 4.69) is 15.3 Å². The zero-order chi connectivity index (χ0) is 13.1. The monoisotopic (exact) mass is 264 g/mol. The van der Waals surface area contributed by atoms with Gasteiger partial charge in [0.05, 0.1) is 17.3 Å². The molecule has 0 saturated heterocycles. The molecule has 1 atom stereocenters. The van der Waals surface area contributed by atoms with E-state index in [4.69, 9.17) is 10.8 Å². The summed E-state index contributed by atoms with van der Waals surface area (Å²) < 4.78 is 0. The van der Waals surface area contributed by atoms with Gasteiger partial charge >= 0.3 is 5.97 Å². The van der Waals surface area contributed by atoms with E-state index in [0.717, 1.165) is 5.01 Å². The SMILES string of the molecule is CC(Nc1ncc(C(=O)O)cc1N)c1nccs1. The van der Waals surface area contributed by atoms with E-state index in [9.17, 15) is 4.79 Å². The Morgan fingerprint density at radius 2 is 2.33 bits per heavy atom.